The van der Waals surface area contributed by atoms with Gasteiger partial charge in [-0.05, 0) is 23.8 Å². The van der Waals surface area contributed by atoms with Gasteiger partial charge in [0.05, 0.1) is 18.0 Å². The van der Waals surface area contributed by atoms with Crippen LogP contribution in [-0.4, -0.2) is 68.7 Å². The molecule has 3 heterocycles. The van der Waals surface area contributed by atoms with Crippen LogP contribution in [0.5, 0.6) is 11.5 Å². The standard InChI is InChI=1S/C20H22N4O7S/c25-19(22-12-14-2-1-5-21-11-14)20(26)23-13-18-24(6-7-31-18)32(27,28)15-3-4-16-17(10-15)30-9-8-29-16/h1-5,10-11,18H,6-9,12-13H2,(H,22,25)(H,23,26)/t18-/m1/s1. The molecule has 1 fully saturated rings. The molecule has 1 atom stereocenters. The summed E-state index contributed by atoms with van der Waals surface area (Å²) in [6.45, 7) is 0.979. The summed E-state index contributed by atoms with van der Waals surface area (Å²) in [5.41, 5.74) is 0.740. The van der Waals surface area contributed by atoms with Crippen molar-refractivity contribution >= 4 is 21.8 Å². The second-order valence-electron chi connectivity index (χ2n) is 7.00. The van der Waals surface area contributed by atoms with Crippen LogP contribution in [0.4, 0.5) is 0 Å². The van der Waals surface area contributed by atoms with E-state index in [1.54, 1.807) is 30.6 Å². The van der Waals surface area contributed by atoms with Crippen LogP contribution in [0.15, 0.2) is 47.6 Å². The van der Waals surface area contributed by atoms with Crippen molar-refractivity contribution in [1.82, 2.24) is 19.9 Å². The first-order valence-electron chi connectivity index (χ1n) is 9.93. The number of amides is 2. The molecule has 1 aromatic carbocycles. The zero-order valence-electron chi connectivity index (χ0n) is 17.0. The van der Waals surface area contributed by atoms with E-state index in [2.05, 4.69) is 15.6 Å². The molecule has 2 aromatic rings. The highest BCUT2D eigenvalue weighted by atomic mass is 32.2. The van der Waals surface area contributed by atoms with Gasteiger partial charge in [0.15, 0.2) is 11.5 Å². The number of aromatic nitrogens is 1. The molecule has 1 saturated heterocycles. The lowest BCUT2D eigenvalue weighted by atomic mass is 10.3. The van der Waals surface area contributed by atoms with Gasteiger partial charge in [0.2, 0.25) is 10.0 Å². The first-order valence-corrected chi connectivity index (χ1v) is 11.4. The smallest absolute Gasteiger partial charge is 0.309 e. The molecule has 2 aliphatic heterocycles. The van der Waals surface area contributed by atoms with Crippen LogP contribution < -0.4 is 20.1 Å². The Hall–Kier alpha value is -3.22. The summed E-state index contributed by atoms with van der Waals surface area (Å²) in [5.74, 6) is -0.893. The molecule has 0 saturated carbocycles. The Kier molecular flexibility index (Phi) is 6.53. The van der Waals surface area contributed by atoms with Gasteiger partial charge < -0.3 is 24.8 Å². The molecule has 11 nitrogen and oxygen atoms in total. The lowest BCUT2D eigenvalue weighted by molar-refractivity contribution is -0.139. The minimum atomic E-state index is -3.92. The molecular weight excluding hydrogens is 440 g/mol. The Labute approximate surface area is 184 Å². The number of pyridine rings is 1. The van der Waals surface area contributed by atoms with Gasteiger partial charge in [-0.15, -0.1) is 0 Å². The highest BCUT2D eigenvalue weighted by Crippen LogP contribution is 2.34. The quantitative estimate of drug-likeness (QED) is 0.555. The third-order valence-corrected chi connectivity index (χ3v) is 6.77. The SMILES string of the molecule is O=C(NCc1cccnc1)C(=O)NC[C@H]1OCCN1S(=O)(=O)c1ccc2c(c1)OCCO2. The van der Waals surface area contributed by atoms with E-state index in [0.717, 1.165) is 9.87 Å². The first kappa shape index (κ1) is 22.0. The molecule has 32 heavy (non-hydrogen) atoms. The monoisotopic (exact) mass is 462 g/mol. The van der Waals surface area contributed by atoms with Crippen molar-refractivity contribution in [2.75, 3.05) is 32.9 Å². The minimum Gasteiger partial charge on any atom is -0.486 e. The zero-order chi connectivity index (χ0) is 22.6. The molecule has 170 valence electrons. The lowest BCUT2D eigenvalue weighted by Crippen LogP contribution is -2.47. The summed E-state index contributed by atoms with van der Waals surface area (Å²) in [4.78, 5) is 28.1. The Morgan fingerprint density at radius 2 is 1.84 bits per heavy atom. The van der Waals surface area contributed by atoms with E-state index in [-0.39, 0.29) is 31.1 Å². The fraction of sp³-hybridized carbons (Fsp3) is 0.350. The summed E-state index contributed by atoms with van der Waals surface area (Å²) in [6, 6.07) is 7.86. The molecule has 4 rings (SSSR count). The van der Waals surface area contributed by atoms with Crippen molar-refractivity contribution in [3.05, 3.63) is 48.3 Å². The van der Waals surface area contributed by atoms with Crippen molar-refractivity contribution in [1.29, 1.82) is 0 Å². The van der Waals surface area contributed by atoms with E-state index in [0.29, 0.717) is 24.7 Å². The maximum absolute atomic E-state index is 13.1. The van der Waals surface area contributed by atoms with Gasteiger partial charge in [-0.3, -0.25) is 14.6 Å². The lowest BCUT2D eigenvalue weighted by Gasteiger charge is -2.24. The summed E-state index contributed by atoms with van der Waals surface area (Å²) >= 11 is 0. The molecule has 0 radical (unpaired) electrons. The largest absolute Gasteiger partial charge is 0.486 e. The van der Waals surface area contributed by atoms with Crippen LogP contribution in [0.2, 0.25) is 0 Å². The van der Waals surface area contributed by atoms with Gasteiger partial charge in [-0.25, -0.2) is 8.42 Å². The van der Waals surface area contributed by atoms with Crippen LogP contribution in [0, 0.1) is 0 Å². The Morgan fingerprint density at radius 1 is 1.06 bits per heavy atom. The summed E-state index contributed by atoms with van der Waals surface area (Å²) in [6.07, 6.45) is 2.23. The Balaban J connectivity index is 1.36. The predicted molar refractivity (Wildman–Crippen MR) is 110 cm³/mol. The number of carbonyl (C=O) groups is 2. The van der Waals surface area contributed by atoms with E-state index in [1.165, 1.54) is 12.1 Å². The van der Waals surface area contributed by atoms with Crippen LogP contribution in [0.3, 0.4) is 0 Å². The third kappa shape index (κ3) is 4.82. The molecule has 2 amide bonds. The van der Waals surface area contributed by atoms with Crippen molar-refractivity contribution in [3.63, 3.8) is 0 Å². The van der Waals surface area contributed by atoms with Gasteiger partial charge in [0.1, 0.15) is 19.4 Å². The third-order valence-electron chi connectivity index (χ3n) is 4.88. The first-order chi connectivity index (χ1) is 15.4. The Bertz CT molecular complexity index is 1090. The number of fused-ring (bicyclic) bond motifs is 1. The molecule has 12 heteroatoms. The average molecular weight is 462 g/mol. The zero-order valence-corrected chi connectivity index (χ0v) is 17.8. The van der Waals surface area contributed by atoms with Crippen LogP contribution in [-0.2, 0) is 30.9 Å². The highest BCUT2D eigenvalue weighted by Gasteiger charge is 2.37. The van der Waals surface area contributed by atoms with Crippen LogP contribution in [0.25, 0.3) is 0 Å². The number of benzene rings is 1. The molecule has 0 aliphatic carbocycles. The molecule has 0 bridgehead atoms. The number of nitrogens with one attached hydrogen (secondary N) is 2. The summed E-state index contributed by atoms with van der Waals surface area (Å²) < 4.78 is 43.8. The molecule has 1 aromatic heterocycles. The van der Waals surface area contributed by atoms with E-state index in [1.807, 2.05) is 0 Å². The fourth-order valence-corrected chi connectivity index (χ4v) is 4.81. The average Bonchev–Trinajstić information content (AvgIpc) is 3.31. The molecule has 0 spiro atoms. The van der Waals surface area contributed by atoms with Gasteiger partial charge in [-0.2, -0.15) is 4.31 Å². The number of hydrogen-bond donors (Lipinski definition) is 2. The fourth-order valence-electron chi connectivity index (χ4n) is 3.29. The summed E-state index contributed by atoms with van der Waals surface area (Å²) in [5, 5.41) is 4.90. The number of hydrogen-bond acceptors (Lipinski definition) is 8. The van der Waals surface area contributed by atoms with Crippen LogP contribution >= 0.6 is 0 Å². The van der Waals surface area contributed by atoms with E-state index < -0.39 is 28.1 Å². The number of sulfonamides is 1. The van der Waals surface area contributed by atoms with Gasteiger partial charge in [-0.1, -0.05) is 6.07 Å². The highest BCUT2D eigenvalue weighted by molar-refractivity contribution is 7.89. The van der Waals surface area contributed by atoms with Crippen molar-refractivity contribution < 1.29 is 32.2 Å². The molecular formula is C20H22N4O7S. The van der Waals surface area contributed by atoms with Crippen molar-refractivity contribution in [3.8, 4) is 11.5 Å². The van der Waals surface area contributed by atoms with E-state index in [4.69, 9.17) is 14.2 Å². The normalized spacial score (nSPS) is 18.2. The topological polar surface area (TPSA) is 136 Å². The number of carbonyl (C=O) groups excluding carboxylic acids is 2. The van der Waals surface area contributed by atoms with Crippen molar-refractivity contribution in [2.45, 2.75) is 17.7 Å². The van der Waals surface area contributed by atoms with Gasteiger partial charge >= 0.3 is 11.8 Å². The van der Waals surface area contributed by atoms with E-state index in [9.17, 15) is 18.0 Å². The maximum Gasteiger partial charge on any atom is 0.309 e. The summed E-state index contributed by atoms with van der Waals surface area (Å²) in [7, 11) is -3.92. The second-order valence-corrected chi connectivity index (χ2v) is 8.89. The number of nitrogens with zero attached hydrogens (tertiary/aromatic N) is 2. The number of rotatable bonds is 6. The molecule has 0 unspecified atom stereocenters. The molecule has 2 N–H and O–H groups in total. The molecule has 2 aliphatic rings. The second kappa shape index (κ2) is 9.51. The van der Waals surface area contributed by atoms with Gasteiger partial charge in [0.25, 0.3) is 0 Å². The van der Waals surface area contributed by atoms with Crippen LogP contribution in [0.1, 0.15) is 5.56 Å². The van der Waals surface area contributed by atoms with E-state index >= 15 is 0 Å². The minimum absolute atomic E-state index is 0.0257. The number of ether oxygens (including phenoxy) is 3. The Morgan fingerprint density at radius 3 is 2.62 bits per heavy atom. The maximum atomic E-state index is 13.1. The van der Waals surface area contributed by atoms with Gasteiger partial charge in [0, 0.05) is 31.5 Å². The predicted octanol–water partition coefficient (Wildman–Crippen LogP) is -0.368. The van der Waals surface area contributed by atoms with Crippen molar-refractivity contribution in [2.24, 2.45) is 0 Å².